The molecule has 0 N–H and O–H groups in total. The third-order valence-corrected chi connectivity index (χ3v) is 3.13. The lowest BCUT2D eigenvalue weighted by atomic mass is 10.0. The van der Waals surface area contributed by atoms with Gasteiger partial charge in [-0.1, -0.05) is 23.2 Å². The molecule has 0 fully saturated rings. The number of benzene rings is 1. The van der Waals surface area contributed by atoms with E-state index >= 15 is 0 Å². The molecule has 0 saturated carbocycles. The van der Waals surface area contributed by atoms with Gasteiger partial charge < -0.3 is 4.74 Å². The number of halogens is 2. The highest BCUT2D eigenvalue weighted by molar-refractivity contribution is 6.42. The van der Waals surface area contributed by atoms with Gasteiger partial charge in [0, 0.05) is 11.8 Å². The summed E-state index contributed by atoms with van der Waals surface area (Å²) in [4.78, 5) is 16.2. The minimum Gasteiger partial charge on any atom is -0.480 e. The SMILES string of the molecule is COc1ncccc1C(=O)c1ccc(Cl)c(Cl)c1. The number of carbonyl (C=O) groups excluding carboxylic acids is 1. The minimum atomic E-state index is -0.210. The van der Waals surface area contributed by atoms with Crippen LogP contribution in [0, 0.1) is 0 Å². The Hall–Kier alpha value is -1.58. The van der Waals surface area contributed by atoms with E-state index in [9.17, 15) is 4.79 Å². The summed E-state index contributed by atoms with van der Waals surface area (Å²) in [5, 5.41) is 0.747. The molecular formula is C13H9Cl2NO2. The average molecular weight is 282 g/mol. The first-order valence-electron chi connectivity index (χ1n) is 5.12. The smallest absolute Gasteiger partial charge is 0.224 e. The van der Waals surface area contributed by atoms with E-state index in [0.717, 1.165) is 0 Å². The van der Waals surface area contributed by atoms with Gasteiger partial charge in [-0.25, -0.2) is 4.98 Å². The van der Waals surface area contributed by atoms with Crippen molar-refractivity contribution in [3.63, 3.8) is 0 Å². The van der Waals surface area contributed by atoms with E-state index in [1.807, 2.05) is 0 Å². The summed E-state index contributed by atoms with van der Waals surface area (Å²) in [5.41, 5.74) is 0.828. The van der Waals surface area contributed by atoms with E-state index in [4.69, 9.17) is 27.9 Å². The Morgan fingerprint density at radius 2 is 2.00 bits per heavy atom. The number of hydrogen-bond donors (Lipinski definition) is 0. The highest BCUT2D eigenvalue weighted by Gasteiger charge is 2.15. The number of carbonyl (C=O) groups is 1. The normalized spacial score (nSPS) is 10.2. The summed E-state index contributed by atoms with van der Waals surface area (Å²) in [6.45, 7) is 0. The molecule has 0 spiro atoms. The van der Waals surface area contributed by atoms with Crippen molar-refractivity contribution in [2.24, 2.45) is 0 Å². The van der Waals surface area contributed by atoms with Gasteiger partial charge in [0.15, 0.2) is 5.78 Å². The number of rotatable bonds is 3. The second-order valence-corrected chi connectivity index (χ2v) is 4.33. The number of aromatic nitrogens is 1. The summed E-state index contributed by atoms with van der Waals surface area (Å²) in [6.07, 6.45) is 1.56. The lowest BCUT2D eigenvalue weighted by Crippen LogP contribution is -2.05. The van der Waals surface area contributed by atoms with Crippen LogP contribution in [-0.4, -0.2) is 17.9 Å². The number of hydrogen-bond acceptors (Lipinski definition) is 3. The van der Waals surface area contributed by atoms with E-state index in [1.165, 1.54) is 13.2 Å². The Labute approximate surface area is 114 Å². The van der Waals surface area contributed by atoms with E-state index < -0.39 is 0 Å². The molecule has 0 saturated heterocycles. The van der Waals surface area contributed by atoms with Crippen LogP contribution in [0.15, 0.2) is 36.5 Å². The highest BCUT2D eigenvalue weighted by Crippen LogP contribution is 2.25. The maximum Gasteiger partial charge on any atom is 0.224 e. The minimum absolute atomic E-state index is 0.210. The van der Waals surface area contributed by atoms with Crippen molar-refractivity contribution in [1.82, 2.24) is 4.98 Å². The number of ketones is 1. The van der Waals surface area contributed by atoms with Gasteiger partial charge in [0.05, 0.1) is 22.7 Å². The fourth-order valence-corrected chi connectivity index (χ4v) is 1.82. The Bertz CT molecular complexity index is 599. The molecule has 0 atom stereocenters. The van der Waals surface area contributed by atoms with E-state index in [-0.39, 0.29) is 11.7 Å². The molecule has 0 aliphatic heterocycles. The molecule has 1 aromatic heterocycles. The number of ether oxygens (including phenoxy) is 1. The zero-order chi connectivity index (χ0) is 13.1. The quantitative estimate of drug-likeness (QED) is 0.807. The fourth-order valence-electron chi connectivity index (χ4n) is 1.52. The largest absolute Gasteiger partial charge is 0.480 e. The zero-order valence-electron chi connectivity index (χ0n) is 9.48. The molecule has 0 aliphatic rings. The van der Waals surface area contributed by atoms with Gasteiger partial charge >= 0.3 is 0 Å². The van der Waals surface area contributed by atoms with Crippen molar-refractivity contribution in [1.29, 1.82) is 0 Å². The van der Waals surface area contributed by atoms with Crippen LogP contribution in [0.25, 0.3) is 0 Å². The predicted molar refractivity (Wildman–Crippen MR) is 70.7 cm³/mol. The first-order valence-corrected chi connectivity index (χ1v) is 5.88. The molecule has 0 amide bonds. The lowest BCUT2D eigenvalue weighted by Gasteiger charge is -2.06. The summed E-state index contributed by atoms with van der Waals surface area (Å²) >= 11 is 11.7. The van der Waals surface area contributed by atoms with Crippen LogP contribution in [0.3, 0.4) is 0 Å². The topological polar surface area (TPSA) is 39.2 Å². The van der Waals surface area contributed by atoms with Crippen LogP contribution < -0.4 is 4.74 Å². The first-order chi connectivity index (χ1) is 8.63. The van der Waals surface area contributed by atoms with Gasteiger partial charge in [0.1, 0.15) is 0 Å². The van der Waals surface area contributed by atoms with Gasteiger partial charge in [-0.05, 0) is 30.3 Å². The van der Waals surface area contributed by atoms with E-state index in [0.29, 0.717) is 21.2 Å². The monoisotopic (exact) mass is 281 g/mol. The van der Waals surface area contributed by atoms with Gasteiger partial charge in [-0.2, -0.15) is 0 Å². The molecule has 3 nitrogen and oxygen atoms in total. The number of methoxy groups -OCH3 is 1. The van der Waals surface area contributed by atoms with Crippen LogP contribution in [0.4, 0.5) is 0 Å². The molecule has 0 radical (unpaired) electrons. The molecule has 1 aromatic carbocycles. The van der Waals surface area contributed by atoms with Gasteiger partial charge in [0.25, 0.3) is 0 Å². The molecule has 0 unspecified atom stereocenters. The molecule has 1 heterocycles. The number of pyridine rings is 1. The molecular weight excluding hydrogens is 273 g/mol. The molecule has 5 heteroatoms. The standard InChI is InChI=1S/C13H9Cl2NO2/c1-18-13-9(3-2-6-16-13)12(17)8-4-5-10(14)11(15)7-8/h2-7H,1H3. The van der Waals surface area contributed by atoms with Gasteiger partial charge in [-0.15, -0.1) is 0 Å². The van der Waals surface area contributed by atoms with Crippen LogP contribution in [0.2, 0.25) is 10.0 Å². The fraction of sp³-hybridized carbons (Fsp3) is 0.0769. The van der Waals surface area contributed by atoms with Crippen LogP contribution in [-0.2, 0) is 0 Å². The second kappa shape index (κ2) is 5.38. The molecule has 0 aliphatic carbocycles. The maximum atomic E-state index is 12.3. The summed E-state index contributed by atoms with van der Waals surface area (Å²) in [7, 11) is 1.47. The molecule has 2 rings (SSSR count). The predicted octanol–water partition coefficient (Wildman–Crippen LogP) is 3.63. The summed E-state index contributed by atoms with van der Waals surface area (Å²) in [6, 6.07) is 8.05. The first kappa shape index (κ1) is 12.9. The third-order valence-electron chi connectivity index (χ3n) is 2.39. The Kier molecular flexibility index (Phi) is 3.84. The highest BCUT2D eigenvalue weighted by atomic mass is 35.5. The van der Waals surface area contributed by atoms with E-state index in [1.54, 1.807) is 30.5 Å². The van der Waals surface area contributed by atoms with Crippen molar-refractivity contribution >= 4 is 29.0 Å². The van der Waals surface area contributed by atoms with Crippen molar-refractivity contribution in [2.75, 3.05) is 7.11 Å². The van der Waals surface area contributed by atoms with Gasteiger partial charge in [0.2, 0.25) is 5.88 Å². The summed E-state index contributed by atoms with van der Waals surface area (Å²) in [5.74, 6) is 0.0760. The third kappa shape index (κ3) is 2.47. The van der Waals surface area contributed by atoms with Crippen LogP contribution in [0.5, 0.6) is 5.88 Å². The van der Waals surface area contributed by atoms with E-state index in [2.05, 4.69) is 4.98 Å². The molecule has 92 valence electrons. The summed E-state index contributed by atoms with van der Waals surface area (Å²) < 4.78 is 5.05. The molecule has 18 heavy (non-hydrogen) atoms. The van der Waals surface area contributed by atoms with Crippen molar-refractivity contribution < 1.29 is 9.53 Å². The molecule has 2 aromatic rings. The van der Waals surface area contributed by atoms with Crippen LogP contribution >= 0.6 is 23.2 Å². The zero-order valence-corrected chi connectivity index (χ0v) is 11.0. The van der Waals surface area contributed by atoms with Crippen molar-refractivity contribution in [3.05, 3.63) is 57.7 Å². The van der Waals surface area contributed by atoms with Gasteiger partial charge in [-0.3, -0.25) is 4.79 Å². The van der Waals surface area contributed by atoms with Crippen molar-refractivity contribution in [3.8, 4) is 5.88 Å². The Morgan fingerprint density at radius 1 is 1.22 bits per heavy atom. The maximum absolute atomic E-state index is 12.3. The van der Waals surface area contributed by atoms with Crippen molar-refractivity contribution in [2.45, 2.75) is 0 Å². The average Bonchev–Trinajstić information content (AvgIpc) is 2.41. The molecule has 0 bridgehead atoms. The Morgan fingerprint density at radius 3 is 2.67 bits per heavy atom. The Balaban J connectivity index is 2.44. The number of nitrogens with zero attached hydrogens (tertiary/aromatic N) is 1. The van der Waals surface area contributed by atoms with Crippen LogP contribution in [0.1, 0.15) is 15.9 Å². The second-order valence-electron chi connectivity index (χ2n) is 3.52. The lowest BCUT2D eigenvalue weighted by molar-refractivity contribution is 0.103.